The van der Waals surface area contributed by atoms with E-state index in [0.717, 1.165) is 45.4 Å². The molecule has 9 nitrogen and oxygen atoms in total. The molecule has 0 bridgehead atoms. The maximum absolute atomic E-state index is 12.7. The first-order valence-corrected chi connectivity index (χ1v) is 21.7. The van der Waals surface area contributed by atoms with Crippen LogP contribution in [0.2, 0.25) is 0 Å². The molecule has 5 saturated carbocycles. The summed E-state index contributed by atoms with van der Waals surface area (Å²) in [7, 11) is 0. The van der Waals surface area contributed by atoms with Gasteiger partial charge >= 0.3 is 0 Å². The van der Waals surface area contributed by atoms with Gasteiger partial charge in [0.25, 0.3) is 0 Å². The Kier molecular flexibility index (Phi) is 9.36. The van der Waals surface area contributed by atoms with Crippen LogP contribution in [-0.4, -0.2) is 125 Å². The molecule has 0 radical (unpaired) electrons. The molecule has 0 aromatic heterocycles. The number of hydrogen-bond acceptors (Lipinski definition) is 9. The molecule has 8 aliphatic rings. The van der Waals surface area contributed by atoms with Gasteiger partial charge < -0.3 is 34.3 Å². The number of hydrogen-bond donors (Lipinski definition) is 3. The molecule has 0 aromatic rings. The third-order valence-electron chi connectivity index (χ3n) is 18.0. The van der Waals surface area contributed by atoms with Crippen molar-refractivity contribution in [3.05, 3.63) is 0 Å². The van der Waals surface area contributed by atoms with E-state index in [-0.39, 0.29) is 51.8 Å². The average Bonchev–Trinajstić information content (AvgIpc) is 3.67. The Bertz CT molecular complexity index is 1390. The minimum Gasteiger partial charge on any atom is -0.390 e. The summed E-state index contributed by atoms with van der Waals surface area (Å²) in [4.78, 5) is 4.95. The molecule has 3 heterocycles. The van der Waals surface area contributed by atoms with Crippen molar-refractivity contribution in [1.29, 1.82) is 0 Å². The maximum Gasteiger partial charge on any atom is 0.170 e. The van der Waals surface area contributed by atoms with E-state index >= 15 is 0 Å². The number of β-amino-alcohol motifs (C(OH)–C–C–N with tert-alkyl or cyclic N) is 1. The lowest BCUT2D eigenvalue weighted by atomic mass is 9.41. The molecule has 2 spiro atoms. The Morgan fingerprint density at radius 2 is 1.60 bits per heavy atom. The highest BCUT2D eigenvalue weighted by Gasteiger charge is 2.84. The fourth-order valence-corrected chi connectivity index (χ4v) is 15.8. The Morgan fingerprint density at radius 3 is 2.26 bits per heavy atom. The molecular formula is C44H76N2O7. The van der Waals surface area contributed by atoms with Gasteiger partial charge in [0, 0.05) is 43.7 Å². The molecule has 14 atom stereocenters. The van der Waals surface area contributed by atoms with Crippen LogP contribution in [0, 0.1) is 50.7 Å². The summed E-state index contributed by atoms with van der Waals surface area (Å²) in [6.45, 7) is 29.8. The number of fused-ring (bicyclic) bond motifs is 4. The molecule has 3 saturated heterocycles. The fourth-order valence-electron chi connectivity index (χ4n) is 15.8. The molecular weight excluding hydrogens is 668 g/mol. The van der Waals surface area contributed by atoms with Crippen LogP contribution in [0.25, 0.3) is 0 Å². The Hall–Kier alpha value is -0.360. The third kappa shape index (κ3) is 5.68. The van der Waals surface area contributed by atoms with Gasteiger partial charge in [-0.3, -0.25) is 9.80 Å². The first kappa shape index (κ1) is 39.5. The number of morpholine rings is 1. The first-order valence-electron chi connectivity index (χ1n) is 21.7. The SMILES string of the molecule is CCO[C@@H]([C@H]1C[C@@H](C)[C@H]2[C@H](O1)[C@H](O)[C@@]1(C)[C@@H]3CC[C@H]4C(C)(C)[C@@H](O[C@H]5CN(C6(C)CN(CC(C)(C)O)C6)CCO5)CC[C@@]45C[C@@]35CC[C@]21C)C(C)(C)O. The smallest absolute Gasteiger partial charge is 0.170 e. The van der Waals surface area contributed by atoms with E-state index in [1.54, 1.807) is 0 Å². The molecule has 0 aromatic carbocycles. The van der Waals surface area contributed by atoms with Crippen molar-refractivity contribution in [3.63, 3.8) is 0 Å². The molecule has 0 unspecified atom stereocenters. The molecule has 3 aliphatic heterocycles. The summed E-state index contributed by atoms with van der Waals surface area (Å²) < 4.78 is 26.5. The lowest BCUT2D eigenvalue weighted by Crippen LogP contribution is -2.72. The van der Waals surface area contributed by atoms with Crippen LogP contribution in [0.4, 0.5) is 0 Å². The average molecular weight is 745 g/mol. The van der Waals surface area contributed by atoms with Crippen LogP contribution in [-0.2, 0) is 18.9 Å². The molecule has 8 fully saturated rings. The largest absolute Gasteiger partial charge is 0.390 e. The van der Waals surface area contributed by atoms with E-state index < -0.39 is 23.4 Å². The molecule has 0 amide bonds. The van der Waals surface area contributed by atoms with Crippen molar-refractivity contribution in [3.8, 4) is 0 Å². The summed E-state index contributed by atoms with van der Waals surface area (Å²) >= 11 is 0. The zero-order valence-corrected chi connectivity index (χ0v) is 35.2. The van der Waals surface area contributed by atoms with Gasteiger partial charge in [-0.1, -0.05) is 34.6 Å². The second kappa shape index (κ2) is 12.6. The standard InChI is InChI=1S/C44H76N2O7/c1-12-50-36(39(7,8)49)28-21-27(2)33-34(52-28)35(47)42(11)30-14-13-29-38(5,6)31(15-16-43(29)23-44(30,43)18-17-41(33,42)10)53-32-22-46(19-20-51-32)40(9)25-45(26-40)24-37(3,4)48/h27-36,47-49H,12-26H2,1-11H3/t27-,28-,29+,30+,31+,32+,33+,34+,35+,36+,41-,42-,43-,44+/m1/s1. The number of aliphatic hydroxyl groups excluding tert-OH is 1. The summed E-state index contributed by atoms with van der Waals surface area (Å²) in [5.74, 6) is 1.78. The fraction of sp³-hybridized carbons (Fsp3) is 1.00. The van der Waals surface area contributed by atoms with Crippen molar-refractivity contribution in [2.45, 2.75) is 181 Å². The lowest BCUT2D eigenvalue weighted by Gasteiger charge is -2.64. The molecule has 3 N–H and O–H groups in total. The monoisotopic (exact) mass is 745 g/mol. The zero-order valence-electron chi connectivity index (χ0n) is 35.2. The highest BCUT2D eigenvalue weighted by Crippen LogP contribution is 2.89. The van der Waals surface area contributed by atoms with E-state index in [0.29, 0.717) is 48.8 Å². The van der Waals surface area contributed by atoms with Crippen molar-refractivity contribution in [1.82, 2.24) is 9.80 Å². The second-order valence-corrected chi connectivity index (χ2v) is 22.4. The number of likely N-dealkylation sites (tertiary alicyclic amines) is 1. The van der Waals surface area contributed by atoms with Crippen molar-refractivity contribution in [2.75, 3.05) is 45.9 Å². The van der Waals surface area contributed by atoms with Crippen LogP contribution in [0.1, 0.15) is 128 Å². The predicted molar refractivity (Wildman–Crippen MR) is 205 cm³/mol. The molecule has 53 heavy (non-hydrogen) atoms. The van der Waals surface area contributed by atoms with Gasteiger partial charge in [0.15, 0.2) is 6.29 Å². The quantitative estimate of drug-likeness (QED) is 0.268. The van der Waals surface area contributed by atoms with E-state index in [2.05, 4.69) is 51.3 Å². The van der Waals surface area contributed by atoms with E-state index in [1.807, 2.05) is 34.6 Å². The maximum atomic E-state index is 12.7. The van der Waals surface area contributed by atoms with E-state index in [1.165, 1.54) is 32.1 Å². The molecule has 8 rings (SSSR count). The van der Waals surface area contributed by atoms with E-state index in [4.69, 9.17) is 18.9 Å². The van der Waals surface area contributed by atoms with Gasteiger partial charge in [0.1, 0.15) is 6.10 Å². The first-order chi connectivity index (χ1) is 24.6. The summed E-state index contributed by atoms with van der Waals surface area (Å²) in [6, 6.07) is 0. The van der Waals surface area contributed by atoms with Crippen molar-refractivity contribution in [2.24, 2.45) is 50.7 Å². The van der Waals surface area contributed by atoms with Gasteiger partial charge in [-0.15, -0.1) is 0 Å². The van der Waals surface area contributed by atoms with Gasteiger partial charge in [-0.05, 0) is 138 Å². The van der Waals surface area contributed by atoms with Crippen LogP contribution in [0.3, 0.4) is 0 Å². The number of rotatable bonds is 9. The van der Waals surface area contributed by atoms with Crippen LogP contribution >= 0.6 is 0 Å². The topological polar surface area (TPSA) is 104 Å². The van der Waals surface area contributed by atoms with Crippen LogP contribution in [0.15, 0.2) is 0 Å². The zero-order chi connectivity index (χ0) is 38.4. The minimum absolute atomic E-state index is 0.00623. The van der Waals surface area contributed by atoms with Crippen LogP contribution in [0.5, 0.6) is 0 Å². The Morgan fingerprint density at radius 1 is 0.925 bits per heavy atom. The minimum atomic E-state index is -1.02. The number of ether oxygens (including phenoxy) is 4. The molecule has 304 valence electrons. The summed E-state index contributed by atoms with van der Waals surface area (Å²) in [6.07, 6.45) is 7.80. The van der Waals surface area contributed by atoms with E-state index in [9.17, 15) is 15.3 Å². The normalized spacial score (nSPS) is 49.8. The van der Waals surface area contributed by atoms with Crippen LogP contribution < -0.4 is 0 Å². The highest BCUT2D eigenvalue weighted by atomic mass is 16.7. The van der Waals surface area contributed by atoms with Crippen molar-refractivity contribution < 1.29 is 34.3 Å². The summed E-state index contributed by atoms with van der Waals surface area (Å²) in [5, 5.41) is 34.1. The van der Waals surface area contributed by atoms with Gasteiger partial charge in [0.2, 0.25) is 0 Å². The Labute approximate surface area is 321 Å². The molecule has 5 aliphatic carbocycles. The van der Waals surface area contributed by atoms with Gasteiger partial charge in [-0.2, -0.15) is 0 Å². The lowest BCUT2D eigenvalue weighted by molar-refractivity contribution is -0.259. The highest BCUT2D eigenvalue weighted by molar-refractivity contribution is 5.33. The number of nitrogens with zero attached hydrogens (tertiary/aromatic N) is 2. The molecule has 9 heteroatoms. The Balaban J connectivity index is 0.972. The van der Waals surface area contributed by atoms with Gasteiger partial charge in [0.05, 0.1) is 48.8 Å². The summed E-state index contributed by atoms with van der Waals surface area (Å²) in [5.41, 5.74) is -1.15. The van der Waals surface area contributed by atoms with Crippen molar-refractivity contribution >= 4 is 0 Å². The number of aliphatic hydroxyl groups is 3. The second-order valence-electron chi connectivity index (χ2n) is 22.4. The third-order valence-corrected chi connectivity index (χ3v) is 18.0. The predicted octanol–water partition coefficient (Wildman–Crippen LogP) is 5.86. The van der Waals surface area contributed by atoms with Gasteiger partial charge in [-0.25, -0.2) is 0 Å².